The molecule has 1 fully saturated rings. The lowest BCUT2D eigenvalue weighted by Crippen LogP contribution is -2.14. The summed E-state index contributed by atoms with van der Waals surface area (Å²) in [5, 5.41) is 4.94. The maximum absolute atomic E-state index is 12.0. The number of fused-ring (bicyclic) bond motifs is 1. The lowest BCUT2D eigenvalue weighted by atomic mass is 10.2. The summed E-state index contributed by atoms with van der Waals surface area (Å²) in [7, 11) is 0. The molecule has 1 unspecified atom stereocenters. The second kappa shape index (κ2) is 4.50. The van der Waals surface area contributed by atoms with Crippen molar-refractivity contribution in [2.24, 2.45) is 0 Å². The number of alkyl halides is 1. The monoisotopic (exact) mass is 310 g/mol. The zero-order chi connectivity index (χ0) is 12.7. The fourth-order valence-corrected chi connectivity index (χ4v) is 2.77. The zero-order valence-corrected chi connectivity index (χ0v) is 11.8. The van der Waals surface area contributed by atoms with Gasteiger partial charge in [0.05, 0.1) is 17.1 Å². The topological polar surface area (TPSA) is 63.6 Å². The van der Waals surface area contributed by atoms with Gasteiger partial charge in [0.1, 0.15) is 11.2 Å². The van der Waals surface area contributed by atoms with Crippen molar-refractivity contribution in [1.82, 2.24) is 19.7 Å². The first-order valence-electron chi connectivity index (χ1n) is 6.28. The van der Waals surface area contributed by atoms with Gasteiger partial charge in [0.2, 0.25) is 0 Å². The normalized spacial score (nSPS) is 18.6. The molecule has 0 bridgehead atoms. The maximum atomic E-state index is 12.0. The van der Waals surface area contributed by atoms with E-state index < -0.39 is 0 Å². The quantitative estimate of drug-likeness (QED) is 0.867. The van der Waals surface area contributed by atoms with Crippen molar-refractivity contribution >= 4 is 27.0 Å². The van der Waals surface area contributed by atoms with E-state index in [9.17, 15) is 4.79 Å². The second-order valence-corrected chi connectivity index (χ2v) is 6.21. The summed E-state index contributed by atoms with van der Waals surface area (Å²) in [6.07, 6.45) is 6.35. The maximum Gasteiger partial charge on any atom is 0.262 e. The molecule has 0 spiro atoms. The highest BCUT2D eigenvalue weighted by atomic mass is 79.9. The first kappa shape index (κ1) is 11.9. The van der Waals surface area contributed by atoms with E-state index >= 15 is 0 Å². The van der Waals surface area contributed by atoms with E-state index in [4.69, 9.17) is 0 Å². The van der Waals surface area contributed by atoms with Crippen LogP contribution < -0.4 is 5.56 Å². The molecule has 0 aromatic carbocycles. The van der Waals surface area contributed by atoms with Crippen LogP contribution in [0, 0.1) is 0 Å². The SMILES string of the molecule is CC(Br)c1nc2c(cnn2C2CCCC2)c(=O)[nH]1. The average molecular weight is 311 g/mol. The molecular formula is C12H15BrN4O. The average Bonchev–Trinajstić information content (AvgIpc) is 2.96. The zero-order valence-electron chi connectivity index (χ0n) is 10.2. The number of aromatic amines is 1. The molecule has 1 aliphatic carbocycles. The van der Waals surface area contributed by atoms with E-state index in [1.165, 1.54) is 12.8 Å². The number of hydrogen-bond acceptors (Lipinski definition) is 3. The van der Waals surface area contributed by atoms with Crippen molar-refractivity contribution < 1.29 is 0 Å². The van der Waals surface area contributed by atoms with Crippen molar-refractivity contribution in [3.8, 4) is 0 Å². The Bertz CT molecular complexity index is 625. The number of nitrogens with one attached hydrogen (secondary N) is 1. The highest BCUT2D eigenvalue weighted by Crippen LogP contribution is 2.30. The van der Waals surface area contributed by atoms with Crippen LogP contribution >= 0.6 is 15.9 Å². The van der Waals surface area contributed by atoms with Crippen molar-refractivity contribution in [3.63, 3.8) is 0 Å². The largest absolute Gasteiger partial charge is 0.309 e. The molecule has 1 atom stereocenters. The molecule has 1 aliphatic rings. The van der Waals surface area contributed by atoms with Crippen LogP contribution in [0.5, 0.6) is 0 Å². The van der Waals surface area contributed by atoms with Gasteiger partial charge in [-0.05, 0) is 19.8 Å². The first-order valence-corrected chi connectivity index (χ1v) is 7.20. The summed E-state index contributed by atoms with van der Waals surface area (Å²) in [6, 6.07) is 0.398. The Morgan fingerprint density at radius 3 is 2.89 bits per heavy atom. The molecule has 1 N–H and O–H groups in total. The Kier molecular flexibility index (Phi) is 2.97. The Morgan fingerprint density at radius 2 is 2.22 bits per heavy atom. The van der Waals surface area contributed by atoms with Crippen LogP contribution in [0.1, 0.15) is 49.3 Å². The first-order chi connectivity index (χ1) is 8.66. The van der Waals surface area contributed by atoms with Gasteiger partial charge in [0, 0.05) is 0 Å². The second-order valence-electron chi connectivity index (χ2n) is 4.83. The standard InChI is InChI=1S/C12H15BrN4O/c1-7(13)10-15-11-9(12(18)16-10)6-14-17(11)8-4-2-3-5-8/h6-8H,2-5H2,1H3,(H,15,16,18). The molecule has 1 saturated carbocycles. The van der Waals surface area contributed by atoms with E-state index in [1.807, 2.05) is 11.6 Å². The van der Waals surface area contributed by atoms with E-state index in [-0.39, 0.29) is 10.4 Å². The molecule has 18 heavy (non-hydrogen) atoms. The van der Waals surface area contributed by atoms with E-state index in [1.54, 1.807) is 6.20 Å². The third-order valence-electron chi connectivity index (χ3n) is 3.53. The third kappa shape index (κ3) is 1.88. The molecule has 0 saturated heterocycles. The van der Waals surface area contributed by atoms with Crippen LogP contribution in [0.15, 0.2) is 11.0 Å². The van der Waals surface area contributed by atoms with Crippen LogP contribution in [-0.4, -0.2) is 19.7 Å². The Morgan fingerprint density at radius 1 is 1.50 bits per heavy atom. The van der Waals surface area contributed by atoms with Crippen molar-refractivity contribution in [2.75, 3.05) is 0 Å². The summed E-state index contributed by atoms with van der Waals surface area (Å²) in [6.45, 7) is 1.94. The van der Waals surface area contributed by atoms with Gasteiger partial charge in [-0.2, -0.15) is 5.10 Å². The van der Waals surface area contributed by atoms with Gasteiger partial charge in [-0.15, -0.1) is 0 Å². The van der Waals surface area contributed by atoms with Crippen LogP contribution in [0.4, 0.5) is 0 Å². The van der Waals surface area contributed by atoms with Gasteiger partial charge in [0.25, 0.3) is 5.56 Å². The molecule has 6 heteroatoms. The number of hydrogen-bond donors (Lipinski definition) is 1. The van der Waals surface area contributed by atoms with Gasteiger partial charge in [-0.25, -0.2) is 9.67 Å². The Balaban J connectivity index is 2.18. The summed E-state index contributed by atoms with van der Waals surface area (Å²) < 4.78 is 1.93. The third-order valence-corrected chi connectivity index (χ3v) is 3.96. The van der Waals surface area contributed by atoms with Crippen LogP contribution in [0.2, 0.25) is 0 Å². The summed E-state index contributed by atoms with van der Waals surface area (Å²) >= 11 is 3.44. The Labute approximate surface area is 113 Å². The van der Waals surface area contributed by atoms with Crippen molar-refractivity contribution in [1.29, 1.82) is 0 Å². The molecule has 2 heterocycles. The van der Waals surface area contributed by atoms with Gasteiger partial charge >= 0.3 is 0 Å². The number of halogens is 1. The summed E-state index contributed by atoms with van der Waals surface area (Å²) in [4.78, 5) is 19.3. The molecule has 3 rings (SSSR count). The van der Waals surface area contributed by atoms with Gasteiger partial charge in [-0.1, -0.05) is 28.8 Å². The Hall–Kier alpha value is -1.17. The predicted molar refractivity (Wildman–Crippen MR) is 73.0 cm³/mol. The highest BCUT2D eigenvalue weighted by Gasteiger charge is 2.21. The highest BCUT2D eigenvalue weighted by molar-refractivity contribution is 9.09. The fraction of sp³-hybridized carbons (Fsp3) is 0.583. The summed E-state index contributed by atoms with van der Waals surface area (Å²) in [5.74, 6) is 0.659. The minimum absolute atomic E-state index is 0.0292. The molecule has 0 aliphatic heterocycles. The van der Waals surface area contributed by atoms with E-state index in [0.29, 0.717) is 22.9 Å². The number of H-pyrrole nitrogens is 1. The lowest BCUT2D eigenvalue weighted by Gasteiger charge is -2.11. The molecular weight excluding hydrogens is 296 g/mol. The minimum Gasteiger partial charge on any atom is -0.309 e. The van der Waals surface area contributed by atoms with Crippen molar-refractivity contribution in [2.45, 2.75) is 43.5 Å². The number of rotatable bonds is 2. The molecule has 5 nitrogen and oxygen atoms in total. The van der Waals surface area contributed by atoms with E-state index in [0.717, 1.165) is 12.8 Å². The molecule has 0 radical (unpaired) electrons. The number of aromatic nitrogens is 4. The predicted octanol–water partition coefficient (Wildman–Crippen LogP) is 2.69. The van der Waals surface area contributed by atoms with Gasteiger partial charge < -0.3 is 4.98 Å². The van der Waals surface area contributed by atoms with E-state index in [2.05, 4.69) is 31.0 Å². The summed E-state index contributed by atoms with van der Waals surface area (Å²) in [5.41, 5.74) is 0.609. The molecule has 96 valence electrons. The molecule has 0 amide bonds. The van der Waals surface area contributed by atoms with Crippen LogP contribution in [0.3, 0.4) is 0 Å². The van der Waals surface area contributed by atoms with Crippen LogP contribution in [-0.2, 0) is 0 Å². The smallest absolute Gasteiger partial charge is 0.262 e. The molecule has 2 aromatic heterocycles. The van der Waals surface area contributed by atoms with Crippen LogP contribution in [0.25, 0.3) is 11.0 Å². The number of nitrogens with zero attached hydrogens (tertiary/aromatic N) is 3. The van der Waals surface area contributed by atoms with Gasteiger partial charge in [-0.3, -0.25) is 4.79 Å². The van der Waals surface area contributed by atoms with Crippen molar-refractivity contribution in [3.05, 3.63) is 22.4 Å². The molecule has 2 aromatic rings. The fourth-order valence-electron chi connectivity index (χ4n) is 2.56. The lowest BCUT2D eigenvalue weighted by molar-refractivity contribution is 0.478. The minimum atomic E-state index is -0.106. The van der Waals surface area contributed by atoms with Gasteiger partial charge in [0.15, 0.2) is 5.65 Å².